The fraction of sp³-hybridized carbons (Fsp3) is 0.636. The van der Waals surface area contributed by atoms with Crippen molar-refractivity contribution in [2.75, 3.05) is 26.2 Å². The largest absolute Gasteiger partial charge is 0.416 e. The van der Waals surface area contributed by atoms with Gasteiger partial charge in [-0.3, -0.25) is 14.5 Å². The second-order valence-electron chi connectivity index (χ2n) is 9.08. The first-order valence-electron chi connectivity index (χ1n) is 10.4. The zero-order valence-corrected chi connectivity index (χ0v) is 17.3. The molecular weight excluding hydrogens is 400 g/mol. The maximum atomic E-state index is 13.6. The van der Waals surface area contributed by atoms with Crippen LogP contribution in [0.1, 0.15) is 44.2 Å². The Kier molecular flexibility index (Phi) is 6.55. The van der Waals surface area contributed by atoms with Gasteiger partial charge in [0.25, 0.3) is 0 Å². The summed E-state index contributed by atoms with van der Waals surface area (Å²) in [6.45, 7) is 6.48. The van der Waals surface area contributed by atoms with Gasteiger partial charge in [0.1, 0.15) is 11.6 Å². The third kappa shape index (κ3) is 5.59. The second kappa shape index (κ2) is 8.65. The first kappa shape index (κ1) is 22.7. The Balaban J connectivity index is 1.51. The summed E-state index contributed by atoms with van der Waals surface area (Å²) in [6.07, 6.45) is -2.53. The van der Waals surface area contributed by atoms with E-state index in [0.29, 0.717) is 25.1 Å². The van der Waals surface area contributed by atoms with Crippen LogP contribution in [-0.2, 0) is 22.2 Å². The number of rotatable bonds is 7. The molecule has 0 aromatic heterocycles. The van der Waals surface area contributed by atoms with Gasteiger partial charge < -0.3 is 5.32 Å². The first-order chi connectivity index (χ1) is 14.0. The Hall–Kier alpha value is -1.96. The molecular formula is C22H28F4N2O2. The maximum Gasteiger partial charge on any atom is 0.416 e. The topological polar surface area (TPSA) is 49.4 Å². The number of benzene rings is 1. The SMILES string of the molecule is CC(C)CNC(=O)CN1CCC2(CC1)C[C@@H]2C(=O)Cc1cc(F)cc(C(F)(F)F)c1. The third-order valence-electron chi connectivity index (χ3n) is 6.17. The van der Waals surface area contributed by atoms with Crippen molar-refractivity contribution < 1.29 is 27.2 Å². The van der Waals surface area contributed by atoms with Crippen LogP contribution in [0.25, 0.3) is 0 Å². The number of halogens is 4. The van der Waals surface area contributed by atoms with Crippen molar-refractivity contribution in [1.29, 1.82) is 0 Å². The summed E-state index contributed by atoms with van der Waals surface area (Å²) in [5.41, 5.74) is -1.11. The van der Waals surface area contributed by atoms with Crippen molar-refractivity contribution in [3.63, 3.8) is 0 Å². The number of hydrogen-bond acceptors (Lipinski definition) is 3. The number of likely N-dealkylation sites (tertiary alicyclic amines) is 1. The van der Waals surface area contributed by atoms with E-state index in [9.17, 15) is 27.2 Å². The lowest BCUT2D eigenvalue weighted by atomic mass is 9.88. The van der Waals surface area contributed by atoms with Crippen LogP contribution in [0.3, 0.4) is 0 Å². The molecule has 1 aromatic rings. The molecule has 0 bridgehead atoms. The minimum absolute atomic E-state index is 0.00496. The number of nitrogens with zero attached hydrogens (tertiary/aromatic N) is 1. The van der Waals surface area contributed by atoms with Crippen LogP contribution in [0.5, 0.6) is 0 Å². The Morgan fingerprint density at radius 3 is 2.47 bits per heavy atom. The van der Waals surface area contributed by atoms with E-state index in [-0.39, 0.29) is 35.0 Å². The standard InChI is InChI=1S/C22H28F4N2O2/c1-14(2)12-27-20(30)13-28-5-3-21(4-6-28)11-18(21)19(29)9-15-7-16(22(24,25)26)10-17(23)8-15/h7-8,10,14,18H,3-6,9,11-13H2,1-2H3,(H,27,30)/t18-/m1/s1. The molecule has 8 heteroatoms. The van der Waals surface area contributed by atoms with Crippen LogP contribution in [0.4, 0.5) is 17.6 Å². The van der Waals surface area contributed by atoms with Gasteiger partial charge in [-0.05, 0) is 67.4 Å². The molecule has 2 fully saturated rings. The van der Waals surface area contributed by atoms with Gasteiger partial charge in [0, 0.05) is 18.9 Å². The smallest absolute Gasteiger partial charge is 0.355 e. The summed E-state index contributed by atoms with van der Waals surface area (Å²) in [5, 5.41) is 2.89. The number of ketones is 1. The van der Waals surface area contributed by atoms with Gasteiger partial charge in [-0.1, -0.05) is 13.8 Å². The lowest BCUT2D eigenvalue weighted by molar-refractivity contribution is -0.138. The third-order valence-corrected chi connectivity index (χ3v) is 6.17. The lowest BCUT2D eigenvalue weighted by Gasteiger charge is -2.32. The summed E-state index contributed by atoms with van der Waals surface area (Å²) in [4.78, 5) is 26.7. The van der Waals surface area contributed by atoms with E-state index < -0.39 is 17.6 Å². The van der Waals surface area contributed by atoms with Crippen LogP contribution >= 0.6 is 0 Å². The van der Waals surface area contributed by atoms with E-state index in [2.05, 4.69) is 10.2 Å². The van der Waals surface area contributed by atoms with Crippen LogP contribution in [0.2, 0.25) is 0 Å². The molecule has 1 spiro atoms. The second-order valence-corrected chi connectivity index (χ2v) is 9.08. The fourth-order valence-corrected chi connectivity index (χ4v) is 4.33. The number of piperidine rings is 1. The summed E-state index contributed by atoms with van der Waals surface area (Å²) in [7, 11) is 0. The summed E-state index contributed by atoms with van der Waals surface area (Å²) >= 11 is 0. The average Bonchev–Trinajstić information content (AvgIpc) is 3.35. The minimum Gasteiger partial charge on any atom is -0.355 e. The molecule has 1 atom stereocenters. The monoisotopic (exact) mass is 428 g/mol. The molecule has 4 nitrogen and oxygen atoms in total. The molecule has 0 unspecified atom stereocenters. The van der Waals surface area contributed by atoms with Gasteiger partial charge in [-0.2, -0.15) is 13.2 Å². The molecule has 1 N–H and O–H groups in total. The zero-order valence-electron chi connectivity index (χ0n) is 17.3. The summed E-state index contributed by atoms with van der Waals surface area (Å²) < 4.78 is 52.2. The molecule has 1 saturated heterocycles. The average molecular weight is 428 g/mol. The van der Waals surface area contributed by atoms with E-state index in [1.165, 1.54) is 0 Å². The molecule has 2 aliphatic rings. The maximum absolute atomic E-state index is 13.6. The fourth-order valence-electron chi connectivity index (χ4n) is 4.33. The van der Waals surface area contributed by atoms with Crippen molar-refractivity contribution in [2.45, 2.75) is 45.7 Å². The van der Waals surface area contributed by atoms with Crippen molar-refractivity contribution in [3.05, 3.63) is 35.1 Å². The molecule has 1 aliphatic carbocycles. The van der Waals surface area contributed by atoms with Crippen LogP contribution in [-0.4, -0.2) is 42.8 Å². The van der Waals surface area contributed by atoms with E-state index in [4.69, 9.17) is 0 Å². The molecule has 3 rings (SSSR count). The van der Waals surface area contributed by atoms with E-state index in [1.807, 2.05) is 13.8 Å². The normalized spacial score (nSPS) is 21.1. The highest BCUT2D eigenvalue weighted by Crippen LogP contribution is 2.60. The Morgan fingerprint density at radius 1 is 1.20 bits per heavy atom. The van der Waals surface area contributed by atoms with Gasteiger partial charge in [-0.15, -0.1) is 0 Å². The van der Waals surface area contributed by atoms with Gasteiger partial charge in [0.2, 0.25) is 5.91 Å². The predicted octanol–water partition coefficient (Wildman–Crippen LogP) is 3.83. The lowest BCUT2D eigenvalue weighted by Crippen LogP contribution is -2.43. The van der Waals surface area contributed by atoms with E-state index in [0.717, 1.165) is 44.5 Å². The Bertz CT molecular complexity index is 799. The highest BCUT2D eigenvalue weighted by atomic mass is 19.4. The van der Waals surface area contributed by atoms with Crippen molar-refractivity contribution in [1.82, 2.24) is 10.2 Å². The summed E-state index contributed by atoms with van der Waals surface area (Å²) in [5.74, 6) is -0.914. The van der Waals surface area contributed by atoms with Crippen molar-refractivity contribution in [3.8, 4) is 0 Å². The number of amides is 1. The van der Waals surface area contributed by atoms with Gasteiger partial charge >= 0.3 is 6.18 Å². The highest BCUT2D eigenvalue weighted by Gasteiger charge is 2.57. The molecule has 0 radical (unpaired) electrons. The van der Waals surface area contributed by atoms with Crippen LogP contribution in [0, 0.1) is 23.1 Å². The van der Waals surface area contributed by atoms with E-state index >= 15 is 0 Å². The highest BCUT2D eigenvalue weighted by molar-refractivity contribution is 5.86. The first-order valence-corrected chi connectivity index (χ1v) is 10.4. The molecule has 1 aromatic carbocycles. The summed E-state index contributed by atoms with van der Waals surface area (Å²) in [6, 6.07) is 2.30. The molecule has 166 valence electrons. The Morgan fingerprint density at radius 2 is 1.87 bits per heavy atom. The number of nitrogens with one attached hydrogen (secondary N) is 1. The predicted molar refractivity (Wildman–Crippen MR) is 104 cm³/mol. The molecule has 30 heavy (non-hydrogen) atoms. The molecule has 1 heterocycles. The zero-order chi connectivity index (χ0) is 22.1. The van der Waals surface area contributed by atoms with Gasteiger partial charge in [0.05, 0.1) is 12.1 Å². The number of Topliss-reactive ketones (excluding diaryl/α,β-unsaturated/α-hetero) is 1. The number of alkyl halides is 3. The number of carbonyl (C=O) groups is 2. The van der Waals surface area contributed by atoms with Gasteiger partial charge in [0.15, 0.2) is 0 Å². The minimum atomic E-state index is -4.64. The Labute approximate surface area is 174 Å². The van der Waals surface area contributed by atoms with E-state index in [1.54, 1.807) is 0 Å². The number of hydrogen-bond donors (Lipinski definition) is 1. The van der Waals surface area contributed by atoms with Crippen molar-refractivity contribution in [2.24, 2.45) is 17.3 Å². The van der Waals surface area contributed by atoms with Crippen molar-refractivity contribution >= 4 is 11.7 Å². The molecule has 1 saturated carbocycles. The van der Waals surface area contributed by atoms with Gasteiger partial charge in [-0.25, -0.2) is 4.39 Å². The van der Waals surface area contributed by atoms with Crippen LogP contribution < -0.4 is 5.32 Å². The number of carbonyl (C=O) groups excluding carboxylic acids is 2. The van der Waals surface area contributed by atoms with Crippen LogP contribution in [0.15, 0.2) is 18.2 Å². The quantitative estimate of drug-likeness (QED) is 0.672. The molecule has 1 aliphatic heterocycles. The molecule has 1 amide bonds.